The Morgan fingerprint density at radius 1 is 1.11 bits per heavy atom. The van der Waals surface area contributed by atoms with Gasteiger partial charge >= 0.3 is 0 Å². The molecule has 0 unspecified atom stereocenters. The van der Waals surface area contributed by atoms with Gasteiger partial charge in [-0.2, -0.15) is 0 Å². The molecule has 0 spiro atoms. The molecule has 1 fully saturated rings. The molecular formula is C17H22O2. The molecule has 2 rings (SSSR count). The van der Waals surface area contributed by atoms with Gasteiger partial charge in [0.25, 0.3) is 0 Å². The Hall–Kier alpha value is -1.57. The standard InChI is InChI=1S/C17H22O2/c1-12(2)16(13-6-4-5-7-13)17(18)14-8-10-15(19-3)11-9-14/h8-11,13H,4-7H2,1-3H3. The molecule has 0 saturated heterocycles. The van der Waals surface area contributed by atoms with Gasteiger partial charge in [0.2, 0.25) is 0 Å². The van der Waals surface area contributed by atoms with Crippen LogP contribution in [-0.2, 0) is 0 Å². The average Bonchev–Trinajstić information content (AvgIpc) is 2.92. The number of hydrogen-bond donors (Lipinski definition) is 0. The van der Waals surface area contributed by atoms with Crippen LogP contribution in [0, 0.1) is 5.92 Å². The van der Waals surface area contributed by atoms with Crippen molar-refractivity contribution >= 4 is 5.78 Å². The van der Waals surface area contributed by atoms with E-state index in [0.717, 1.165) is 35.3 Å². The monoisotopic (exact) mass is 258 g/mol. The van der Waals surface area contributed by atoms with Crippen LogP contribution < -0.4 is 4.74 Å². The van der Waals surface area contributed by atoms with Crippen molar-refractivity contribution in [1.29, 1.82) is 0 Å². The van der Waals surface area contributed by atoms with E-state index in [1.807, 2.05) is 24.3 Å². The molecule has 0 radical (unpaired) electrons. The van der Waals surface area contributed by atoms with E-state index < -0.39 is 0 Å². The minimum Gasteiger partial charge on any atom is -0.497 e. The Bertz CT molecular complexity index is 472. The van der Waals surface area contributed by atoms with E-state index in [0.29, 0.717) is 5.92 Å². The first-order chi connectivity index (χ1) is 9.13. The molecule has 0 N–H and O–H groups in total. The Labute approximate surface area is 115 Å². The van der Waals surface area contributed by atoms with Gasteiger partial charge in [-0.05, 0) is 56.9 Å². The van der Waals surface area contributed by atoms with Crippen LogP contribution in [0.1, 0.15) is 49.9 Å². The Kier molecular flexibility index (Phi) is 4.41. The highest BCUT2D eigenvalue weighted by Crippen LogP contribution is 2.34. The molecule has 0 amide bonds. The fourth-order valence-electron chi connectivity index (χ4n) is 2.93. The molecule has 1 aliphatic carbocycles. The summed E-state index contributed by atoms with van der Waals surface area (Å²) in [4.78, 5) is 12.7. The van der Waals surface area contributed by atoms with E-state index >= 15 is 0 Å². The summed E-state index contributed by atoms with van der Waals surface area (Å²) >= 11 is 0. The molecule has 19 heavy (non-hydrogen) atoms. The number of benzene rings is 1. The molecule has 1 saturated carbocycles. The van der Waals surface area contributed by atoms with Gasteiger partial charge in [-0.1, -0.05) is 18.4 Å². The van der Waals surface area contributed by atoms with Crippen LogP contribution >= 0.6 is 0 Å². The first-order valence-corrected chi connectivity index (χ1v) is 6.99. The zero-order valence-corrected chi connectivity index (χ0v) is 12.0. The highest BCUT2D eigenvalue weighted by molar-refractivity contribution is 6.09. The zero-order chi connectivity index (χ0) is 13.8. The second kappa shape index (κ2) is 6.05. The summed E-state index contributed by atoms with van der Waals surface area (Å²) < 4.78 is 5.13. The lowest BCUT2D eigenvalue weighted by Crippen LogP contribution is -2.13. The van der Waals surface area contributed by atoms with Gasteiger partial charge in [0, 0.05) is 11.1 Å². The minimum absolute atomic E-state index is 0.189. The molecule has 0 heterocycles. The van der Waals surface area contributed by atoms with Crippen LogP contribution in [0.15, 0.2) is 35.4 Å². The highest BCUT2D eigenvalue weighted by Gasteiger charge is 2.26. The summed E-state index contributed by atoms with van der Waals surface area (Å²) in [6, 6.07) is 7.42. The summed E-state index contributed by atoms with van der Waals surface area (Å²) in [5.74, 6) is 1.44. The van der Waals surface area contributed by atoms with Gasteiger partial charge in [0.05, 0.1) is 7.11 Å². The SMILES string of the molecule is COc1ccc(C(=O)C(=C(C)C)C2CCCC2)cc1. The van der Waals surface area contributed by atoms with Crippen molar-refractivity contribution in [1.82, 2.24) is 0 Å². The van der Waals surface area contributed by atoms with E-state index in [1.54, 1.807) is 7.11 Å². The fraction of sp³-hybridized carbons (Fsp3) is 0.471. The van der Waals surface area contributed by atoms with Crippen LogP contribution in [0.2, 0.25) is 0 Å². The number of ketones is 1. The summed E-state index contributed by atoms with van der Waals surface area (Å²) in [6.45, 7) is 4.10. The number of allylic oxidation sites excluding steroid dienone is 2. The summed E-state index contributed by atoms with van der Waals surface area (Å²) in [5.41, 5.74) is 2.96. The van der Waals surface area contributed by atoms with Crippen LogP contribution in [0.3, 0.4) is 0 Å². The number of rotatable bonds is 4. The number of Topliss-reactive ketones (excluding diaryl/α,β-unsaturated/α-hetero) is 1. The molecule has 0 bridgehead atoms. The topological polar surface area (TPSA) is 26.3 Å². The predicted molar refractivity (Wildman–Crippen MR) is 77.7 cm³/mol. The van der Waals surface area contributed by atoms with Crippen molar-refractivity contribution in [2.75, 3.05) is 7.11 Å². The molecular weight excluding hydrogens is 236 g/mol. The minimum atomic E-state index is 0.189. The second-order valence-electron chi connectivity index (χ2n) is 5.45. The van der Waals surface area contributed by atoms with Crippen molar-refractivity contribution < 1.29 is 9.53 Å². The molecule has 1 aromatic carbocycles. The first kappa shape index (κ1) is 13.9. The summed E-state index contributed by atoms with van der Waals surface area (Å²) in [5, 5.41) is 0. The molecule has 2 nitrogen and oxygen atoms in total. The molecule has 1 aliphatic rings. The van der Waals surface area contributed by atoms with Gasteiger partial charge in [-0.25, -0.2) is 0 Å². The van der Waals surface area contributed by atoms with E-state index in [-0.39, 0.29) is 5.78 Å². The van der Waals surface area contributed by atoms with Crippen molar-refractivity contribution in [3.63, 3.8) is 0 Å². The predicted octanol–water partition coefficient (Wildman–Crippen LogP) is 4.40. The van der Waals surface area contributed by atoms with Crippen LogP contribution in [-0.4, -0.2) is 12.9 Å². The smallest absolute Gasteiger partial charge is 0.189 e. The van der Waals surface area contributed by atoms with Crippen molar-refractivity contribution in [2.24, 2.45) is 5.92 Å². The lowest BCUT2D eigenvalue weighted by atomic mass is 9.87. The maximum absolute atomic E-state index is 12.7. The number of hydrogen-bond acceptors (Lipinski definition) is 2. The van der Waals surface area contributed by atoms with Gasteiger partial charge in [-0.15, -0.1) is 0 Å². The maximum Gasteiger partial charge on any atom is 0.189 e. The van der Waals surface area contributed by atoms with Crippen molar-refractivity contribution in [2.45, 2.75) is 39.5 Å². The van der Waals surface area contributed by atoms with Crippen LogP contribution in [0.25, 0.3) is 0 Å². The third kappa shape index (κ3) is 3.06. The van der Waals surface area contributed by atoms with E-state index in [2.05, 4.69) is 13.8 Å². The van der Waals surface area contributed by atoms with E-state index in [9.17, 15) is 4.79 Å². The van der Waals surface area contributed by atoms with Gasteiger partial charge in [0.1, 0.15) is 5.75 Å². The number of carbonyl (C=O) groups is 1. The third-order valence-corrected chi connectivity index (χ3v) is 3.90. The maximum atomic E-state index is 12.7. The summed E-state index contributed by atoms with van der Waals surface area (Å²) in [6.07, 6.45) is 4.81. The Balaban J connectivity index is 2.26. The molecule has 2 heteroatoms. The van der Waals surface area contributed by atoms with Crippen LogP contribution in [0.5, 0.6) is 5.75 Å². The van der Waals surface area contributed by atoms with E-state index in [1.165, 1.54) is 12.8 Å². The summed E-state index contributed by atoms with van der Waals surface area (Å²) in [7, 11) is 1.64. The Morgan fingerprint density at radius 2 is 1.68 bits per heavy atom. The fourth-order valence-corrected chi connectivity index (χ4v) is 2.93. The van der Waals surface area contributed by atoms with Gasteiger partial charge < -0.3 is 4.74 Å². The largest absolute Gasteiger partial charge is 0.497 e. The van der Waals surface area contributed by atoms with Gasteiger partial charge in [-0.3, -0.25) is 4.79 Å². The number of methoxy groups -OCH3 is 1. The van der Waals surface area contributed by atoms with Gasteiger partial charge in [0.15, 0.2) is 5.78 Å². The Morgan fingerprint density at radius 3 is 2.16 bits per heavy atom. The molecule has 102 valence electrons. The second-order valence-corrected chi connectivity index (χ2v) is 5.45. The number of carbonyl (C=O) groups excluding carboxylic acids is 1. The number of ether oxygens (including phenoxy) is 1. The third-order valence-electron chi connectivity index (χ3n) is 3.90. The molecule has 0 atom stereocenters. The molecule has 1 aromatic rings. The van der Waals surface area contributed by atoms with Crippen LogP contribution in [0.4, 0.5) is 0 Å². The molecule has 0 aromatic heterocycles. The quantitative estimate of drug-likeness (QED) is 0.591. The first-order valence-electron chi connectivity index (χ1n) is 6.99. The van der Waals surface area contributed by atoms with Crippen molar-refractivity contribution in [3.05, 3.63) is 41.0 Å². The zero-order valence-electron chi connectivity index (χ0n) is 12.0. The molecule has 0 aliphatic heterocycles. The van der Waals surface area contributed by atoms with Crippen molar-refractivity contribution in [3.8, 4) is 5.75 Å². The van der Waals surface area contributed by atoms with E-state index in [4.69, 9.17) is 4.74 Å². The lowest BCUT2D eigenvalue weighted by molar-refractivity contribution is 0.102. The highest BCUT2D eigenvalue weighted by atomic mass is 16.5. The average molecular weight is 258 g/mol. The normalized spacial score (nSPS) is 15.3. The lowest BCUT2D eigenvalue weighted by Gasteiger charge is -2.16.